The highest BCUT2D eigenvalue weighted by atomic mass is 35.5. The summed E-state index contributed by atoms with van der Waals surface area (Å²) >= 11 is 6.85. The second kappa shape index (κ2) is 9.10. The summed E-state index contributed by atoms with van der Waals surface area (Å²) in [6.07, 6.45) is 1.66. The third-order valence-corrected chi connectivity index (χ3v) is 6.00. The van der Waals surface area contributed by atoms with Crippen molar-refractivity contribution >= 4 is 45.9 Å². The van der Waals surface area contributed by atoms with Crippen LogP contribution in [-0.2, 0) is 4.79 Å². The van der Waals surface area contributed by atoms with Crippen molar-refractivity contribution in [1.29, 1.82) is 0 Å². The van der Waals surface area contributed by atoms with Gasteiger partial charge in [-0.3, -0.25) is 9.59 Å². The van der Waals surface area contributed by atoms with Gasteiger partial charge in [-0.15, -0.1) is 0 Å². The molecule has 4 rings (SSSR count). The van der Waals surface area contributed by atoms with Crippen LogP contribution in [0, 0.1) is 12.7 Å². The van der Waals surface area contributed by atoms with E-state index in [9.17, 15) is 14.0 Å². The molecule has 0 aliphatic carbocycles. The molecule has 32 heavy (non-hydrogen) atoms. The topological polar surface area (TPSA) is 76.9 Å². The first kappa shape index (κ1) is 22.0. The van der Waals surface area contributed by atoms with Crippen molar-refractivity contribution in [2.24, 2.45) is 0 Å². The fourth-order valence-electron chi connectivity index (χ4n) is 3.02. The zero-order valence-electron chi connectivity index (χ0n) is 17.2. The van der Waals surface area contributed by atoms with Crippen LogP contribution in [-0.4, -0.2) is 25.7 Å². The molecule has 4 aromatic rings. The summed E-state index contributed by atoms with van der Waals surface area (Å²) in [5, 5.41) is 2.85. The van der Waals surface area contributed by atoms with E-state index in [1.54, 1.807) is 43.5 Å². The molecule has 1 N–H and O–H groups in total. The molecule has 2 aromatic carbocycles. The third-order valence-electron chi connectivity index (χ3n) is 4.71. The number of anilines is 1. The molecule has 0 saturated carbocycles. The molecule has 0 aliphatic rings. The standard InChI is InChI=1S/C23H18ClFN4O2S/c1-13-7-10-20(26-12-13)29-22(31)16-5-3-4-6-18(16)28-23(29)32-14(2)21(30)27-19-9-8-15(24)11-17(19)25/h3-12,14H,1-2H3,(H,27,30). The van der Waals surface area contributed by atoms with Gasteiger partial charge in [0.15, 0.2) is 5.16 Å². The molecular formula is C23H18ClFN4O2S. The predicted octanol–water partition coefficient (Wildman–Crippen LogP) is 5.00. The number of para-hydroxylation sites is 1. The number of rotatable bonds is 5. The Morgan fingerprint density at radius 1 is 1.19 bits per heavy atom. The van der Waals surface area contributed by atoms with E-state index >= 15 is 0 Å². The highest BCUT2D eigenvalue weighted by Crippen LogP contribution is 2.26. The maximum absolute atomic E-state index is 14.1. The molecule has 0 fully saturated rings. The summed E-state index contributed by atoms with van der Waals surface area (Å²) in [4.78, 5) is 35.0. The van der Waals surface area contributed by atoms with Crippen molar-refractivity contribution < 1.29 is 9.18 Å². The summed E-state index contributed by atoms with van der Waals surface area (Å²) < 4.78 is 15.5. The zero-order chi connectivity index (χ0) is 22.8. The number of fused-ring (bicyclic) bond motifs is 1. The molecule has 162 valence electrons. The Balaban J connectivity index is 1.71. The summed E-state index contributed by atoms with van der Waals surface area (Å²) in [6, 6.07) is 14.6. The molecule has 0 radical (unpaired) electrons. The molecule has 0 spiro atoms. The van der Waals surface area contributed by atoms with E-state index in [1.807, 2.05) is 13.0 Å². The van der Waals surface area contributed by atoms with Crippen LogP contribution in [0.4, 0.5) is 10.1 Å². The number of nitrogens with zero attached hydrogens (tertiary/aromatic N) is 3. The van der Waals surface area contributed by atoms with Crippen LogP contribution >= 0.6 is 23.4 Å². The number of carbonyl (C=O) groups is 1. The van der Waals surface area contributed by atoms with Crippen molar-refractivity contribution in [3.63, 3.8) is 0 Å². The Labute approximate surface area is 192 Å². The van der Waals surface area contributed by atoms with E-state index in [4.69, 9.17) is 11.6 Å². The van der Waals surface area contributed by atoms with Crippen molar-refractivity contribution in [2.45, 2.75) is 24.3 Å². The number of hydrogen-bond donors (Lipinski definition) is 1. The van der Waals surface area contributed by atoms with Crippen molar-refractivity contribution in [1.82, 2.24) is 14.5 Å². The predicted molar refractivity (Wildman–Crippen MR) is 125 cm³/mol. The Kier molecular flexibility index (Phi) is 6.25. The largest absolute Gasteiger partial charge is 0.323 e. The molecule has 1 atom stereocenters. The van der Waals surface area contributed by atoms with Gasteiger partial charge in [0.25, 0.3) is 5.56 Å². The fraction of sp³-hybridized carbons (Fsp3) is 0.130. The smallest absolute Gasteiger partial charge is 0.267 e. The summed E-state index contributed by atoms with van der Waals surface area (Å²) in [5.74, 6) is -0.674. The van der Waals surface area contributed by atoms with Crippen LogP contribution in [0.25, 0.3) is 16.7 Å². The summed E-state index contributed by atoms with van der Waals surface area (Å²) in [6.45, 7) is 3.55. The number of aryl methyl sites for hydroxylation is 1. The summed E-state index contributed by atoms with van der Waals surface area (Å²) in [7, 11) is 0. The third kappa shape index (κ3) is 4.51. The van der Waals surface area contributed by atoms with E-state index < -0.39 is 17.0 Å². The molecule has 1 unspecified atom stereocenters. The number of amides is 1. The Morgan fingerprint density at radius 3 is 2.69 bits per heavy atom. The maximum Gasteiger partial charge on any atom is 0.267 e. The number of aromatic nitrogens is 3. The molecular weight excluding hydrogens is 451 g/mol. The highest BCUT2D eigenvalue weighted by molar-refractivity contribution is 8.00. The Hall–Kier alpha value is -3.23. The molecule has 2 heterocycles. The number of thioether (sulfide) groups is 1. The molecule has 9 heteroatoms. The van der Waals surface area contributed by atoms with Gasteiger partial charge in [0, 0.05) is 11.2 Å². The van der Waals surface area contributed by atoms with E-state index in [-0.39, 0.29) is 16.3 Å². The molecule has 0 saturated heterocycles. The minimum atomic E-state index is -0.685. The Bertz CT molecular complexity index is 1380. The maximum atomic E-state index is 14.1. The second-order valence-electron chi connectivity index (χ2n) is 7.12. The highest BCUT2D eigenvalue weighted by Gasteiger charge is 2.21. The fourth-order valence-corrected chi connectivity index (χ4v) is 4.10. The molecule has 0 aliphatic heterocycles. The Morgan fingerprint density at radius 2 is 1.97 bits per heavy atom. The number of pyridine rings is 1. The van der Waals surface area contributed by atoms with Crippen LogP contribution in [0.3, 0.4) is 0 Å². The number of nitrogens with one attached hydrogen (secondary N) is 1. The van der Waals surface area contributed by atoms with Gasteiger partial charge in [-0.2, -0.15) is 0 Å². The molecule has 6 nitrogen and oxygen atoms in total. The lowest BCUT2D eigenvalue weighted by Crippen LogP contribution is -2.27. The van der Waals surface area contributed by atoms with E-state index in [0.717, 1.165) is 23.4 Å². The quantitative estimate of drug-likeness (QED) is 0.329. The van der Waals surface area contributed by atoms with Crippen LogP contribution in [0.1, 0.15) is 12.5 Å². The lowest BCUT2D eigenvalue weighted by atomic mass is 10.2. The first-order valence-corrected chi connectivity index (χ1v) is 11.0. The van der Waals surface area contributed by atoms with Crippen LogP contribution in [0.15, 0.2) is 70.7 Å². The van der Waals surface area contributed by atoms with Crippen LogP contribution in [0.2, 0.25) is 5.02 Å². The van der Waals surface area contributed by atoms with Gasteiger partial charge >= 0.3 is 0 Å². The molecule has 2 aromatic heterocycles. The minimum absolute atomic E-state index is 0.0240. The number of carbonyl (C=O) groups excluding carboxylic acids is 1. The minimum Gasteiger partial charge on any atom is -0.323 e. The average Bonchev–Trinajstić information content (AvgIpc) is 2.77. The van der Waals surface area contributed by atoms with Crippen molar-refractivity contribution in [2.75, 3.05) is 5.32 Å². The van der Waals surface area contributed by atoms with Gasteiger partial charge in [0.05, 0.1) is 21.8 Å². The monoisotopic (exact) mass is 468 g/mol. The number of hydrogen-bond acceptors (Lipinski definition) is 5. The van der Waals surface area contributed by atoms with Crippen molar-refractivity contribution in [3.8, 4) is 5.82 Å². The van der Waals surface area contributed by atoms with E-state index in [0.29, 0.717) is 21.9 Å². The normalized spacial score (nSPS) is 12.0. The zero-order valence-corrected chi connectivity index (χ0v) is 18.7. The van der Waals surface area contributed by atoms with Crippen LogP contribution < -0.4 is 10.9 Å². The summed E-state index contributed by atoms with van der Waals surface area (Å²) in [5.41, 5.74) is 1.20. The second-order valence-corrected chi connectivity index (χ2v) is 8.86. The van der Waals surface area contributed by atoms with Gasteiger partial charge in [0.1, 0.15) is 11.6 Å². The first-order chi connectivity index (χ1) is 15.3. The average molecular weight is 469 g/mol. The lowest BCUT2D eigenvalue weighted by molar-refractivity contribution is -0.115. The lowest BCUT2D eigenvalue weighted by Gasteiger charge is -2.16. The van der Waals surface area contributed by atoms with Crippen LogP contribution in [0.5, 0.6) is 0 Å². The van der Waals surface area contributed by atoms with E-state index in [2.05, 4.69) is 15.3 Å². The van der Waals surface area contributed by atoms with E-state index in [1.165, 1.54) is 16.7 Å². The number of halogens is 2. The van der Waals surface area contributed by atoms with Gasteiger partial charge < -0.3 is 5.32 Å². The van der Waals surface area contributed by atoms with Gasteiger partial charge in [-0.1, -0.05) is 41.6 Å². The SMILES string of the molecule is Cc1ccc(-n2c(SC(C)C(=O)Nc3ccc(Cl)cc3F)nc3ccccc3c2=O)nc1. The molecule has 1 amide bonds. The number of benzene rings is 2. The molecule has 0 bridgehead atoms. The van der Waals surface area contributed by atoms with Crippen molar-refractivity contribution in [3.05, 3.63) is 87.6 Å². The first-order valence-electron chi connectivity index (χ1n) is 9.71. The van der Waals surface area contributed by atoms with Gasteiger partial charge in [-0.25, -0.2) is 18.9 Å². The van der Waals surface area contributed by atoms with Gasteiger partial charge in [0.2, 0.25) is 5.91 Å². The van der Waals surface area contributed by atoms with Gasteiger partial charge in [-0.05, 0) is 55.8 Å².